The highest BCUT2D eigenvalue weighted by Gasteiger charge is 2.14. The van der Waals surface area contributed by atoms with Gasteiger partial charge in [0, 0.05) is 0 Å². The van der Waals surface area contributed by atoms with Crippen molar-refractivity contribution >= 4 is 15.7 Å². The molecule has 0 aromatic carbocycles. The fraction of sp³-hybridized carbons (Fsp3) is 0.286. The summed E-state index contributed by atoms with van der Waals surface area (Å²) in [6.45, 7) is 1.70. The molecule has 1 N–H and O–H groups in total. The number of hydrogen-bond acceptors (Lipinski definition) is 5. The zero-order valence-electron chi connectivity index (χ0n) is 8.17. The molecule has 0 aliphatic rings. The molecule has 15 heavy (non-hydrogen) atoms. The molecular weight excluding hydrogens is 218 g/mol. The molecule has 0 spiro atoms. The second-order valence-corrected chi connectivity index (χ2v) is 4.73. The van der Waals surface area contributed by atoms with Gasteiger partial charge in [-0.3, -0.25) is 0 Å². The second kappa shape index (κ2) is 3.24. The number of nitrogens with zero attached hydrogens (tertiary/aromatic N) is 4. The van der Waals surface area contributed by atoms with Gasteiger partial charge in [0.25, 0.3) is 10.0 Å². The first-order valence-corrected chi connectivity index (χ1v) is 5.65. The molecular formula is C7H9N5O2S. The van der Waals surface area contributed by atoms with Gasteiger partial charge in [0.1, 0.15) is 0 Å². The van der Waals surface area contributed by atoms with E-state index >= 15 is 0 Å². The average molecular weight is 227 g/mol. The Morgan fingerprint density at radius 3 is 2.73 bits per heavy atom. The molecule has 0 atom stereocenters. The Morgan fingerprint density at radius 2 is 2.07 bits per heavy atom. The van der Waals surface area contributed by atoms with E-state index < -0.39 is 10.0 Å². The normalized spacial score (nSPS) is 12.1. The van der Waals surface area contributed by atoms with Crippen molar-refractivity contribution in [2.45, 2.75) is 11.9 Å². The minimum atomic E-state index is -3.52. The van der Waals surface area contributed by atoms with Gasteiger partial charge in [0.05, 0.1) is 0 Å². The molecule has 0 amide bonds. The summed E-state index contributed by atoms with van der Waals surface area (Å²) in [7, 11) is -2.19. The molecule has 0 saturated heterocycles. The third-order valence-corrected chi connectivity index (χ3v) is 3.24. The molecule has 0 radical (unpaired) electrons. The fourth-order valence-corrected chi connectivity index (χ4v) is 1.77. The SMILES string of the molecule is CNS(=O)(=O)c1ccc2nnc(C)n2n1. The van der Waals surface area contributed by atoms with E-state index in [1.807, 2.05) is 0 Å². The molecule has 2 aromatic heterocycles. The summed E-state index contributed by atoms with van der Waals surface area (Å²) >= 11 is 0. The zero-order chi connectivity index (χ0) is 11.1. The van der Waals surface area contributed by atoms with Gasteiger partial charge in [-0.15, -0.1) is 10.2 Å². The van der Waals surface area contributed by atoms with E-state index in [1.54, 1.807) is 13.0 Å². The molecule has 0 bridgehead atoms. The van der Waals surface area contributed by atoms with Crippen LogP contribution in [0.15, 0.2) is 17.2 Å². The predicted molar refractivity (Wildman–Crippen MR) is 51.8 cm³/mol. The molecule has 0 fully saturated rings. The maximum Gasteiger partial charge on any atom is 0.259 e. The van der Waals surface area contributed by atoms with Gasteiger partial charge in [0.15, 0.2) is 16.5 Å². The Labute approximate surface area is 86.2 Å². The molecule has 0 saturated carbocycles. The Balaban J connectivity index is 2.70. The molecule has 0 aliphatic carbocycles. The summed E-state index contributed by atoms with van der Waals surface area (Å²) < 4.78 is 26.5. The summed E-state index contributed by atoms with van der Waals surface area (Å²) in [5, 5.41) is 11.4. The van der Waals surface area contributed by atoms with Crippen LogP contribution in [-0.4, -0.2) is 35.3 Å². The van der Waals surface area contributed by atoms with E-state index in [9.17, 15) is 8.42 Å². The number of nitrogens with one attached hydrogen (secondary N) is 1. The first kappa shape index (κ1) is 9.99. The largest absolute Gasteiger partial charge is 0.259 e. The number of rotatable bonds is 2. The van der Waals surface area contributed by atoms with Crippen LogP contribution < -0.4 is 4.72 Å². The quantitative estimate of drug-likeness (QED) is 0.735. The van der Waals surface area contributed by atoms with Gasteiger partial charge in [-0.2, -0.15) is 9.61 Å². The van der Waals surface area contributed by atoms with Crippen molar-refractivity contribution in [3.63, 3.8) is 0 Å². The van der Waals surface area contributed by atoms with E-state index in [0.717, 1.165) is 0 Å². The summed E-state index contributed by atoms with van der Waals surface area (Å²) in [4.78, 5) is 0. The Bertz CT molecular complexity index is 603. The number of fused-ring (bicyclic) bond motifs is 1. The Hall–Kier alpha value is -1.54. The number of sulfonamides is 1. The Morgan fingerprint density at radius 1 is 1.33 bits per heavy atom. The molecule has 2 heterocycles. The number of aromatic nitrogens is 4. The van der Waals surface area contributed by atoms with Crippen LogP contribution in [0.3, 0.4) is 0 Å². The molecule has 2 aromatic rings. The van der Waals surface area contributed by atoms with Crippen molar-refractivity contribution in [3.8, 4) is 0 Å². The molecule has 7 nitrogen and oxygen atoms in total. The van der Waals surface area contributed by atoms with Crippen molar-refractivity contribution in [1.82, 2.24) is 24.5 Å². The average Bonchev–Trinajstić information content (AvgIpc) is 2.60. The maximum atomic E-state index is 11.5. The first-order chi connectivity index (χ1) is 7.04. The third-order valence-electron chi connectivity index (χ3n) is 1.94. The van der Waals surface area contributed by atoms with Crippen LogP contribution in [0.1, 0.15) is 5.82 Å². The van der Waals surface area contributed by atoms with Crippen molar-refractivity contribution in [2.24, 2.45) is 0 Å². The highest BCUT2D eigenvalue weighted by molar-refractivity contribution is 7.89. The second-order valence-electron chi connectivity index (χ2n) is 2.90. The minimum absolute atomic E-state index is 0.0552. The van der Waals surface area contributed by atoms with Crippen LogP contribution in [0.2, 0.25) is 0 Å². The summed E-state index contributed by atoms with van der Waals surface area (Å²) in [6, 6.07) is 2.94. The molecule has 0 aliphatic heterocycles. The van der Waals surface area contributed by atoms with Crippen LogP contribution in [0.5, 0.6) is 0 Å². The smallest absolute Gasteiger partial charge is 0.213 e. The lowest BCUT2D eigenvalue weighted by Crippen LogP contribution is -2.20. The van der Waals surface area contributed by atoms with Crippen molar-refractivity contribution < 1.29 is 8.42 Å². The predicted octanol–water partition coefficient (Wildman–Crippen LogP) is -0.659. The Kier molecular flexibility index (Phi) is 2.16. The van der Waals surface area contributed by atoms with Gasteiger partial charge in [0.2, 0.25) is 0 Å². The van der Waals surface area contributed by atoms with E-state index in [2.05, 4.69) is 20.0 Å². The number of hydrogen-bond donors (Lipinski definition) is 1. The van der Waals surface area contributed by atoms with E-state index in [1.165, 1.54) is 17.6 Å². The number of aryl methyl sites for hydroxylation is 1. The van der Waals surface area contributed by atoms with Crippen LogP contribution in [-0.2, 0) is 10.0 Å². The first-order valence-electron chi connectivity index (χ1n) is 4.17. The fourth-order valence-electron chi connectivity index (χ4n) is 1.13. The lowest BCUT2D eigenvalue weighted by Gasteiger charge is -2.01. The van der Waals surface area contributed by atoms with Crippen LogP contribution in [0, 0.1) is 6.92 Å². The van der Waals surface area contributed by atoms with E-state index in [0.29, 0.717) is 11.5 Å². The van der Waals surface area contributed by atoms with Gasteiger partial charge in [-0.1, -0.05) is 0 Å². The standard InChI is InChI=1S/C7H9N5O2S/c1-5-9-10-6-3-4-7(11-12(5)6)15(13,14)8-2/h3-4,8H,1-2H3. The van der Waals surface area contributed by atoms with Crippen LogP contribution in [0.25, 0.3) is 5.65 Å². The van der Waals surface area contributed by atoms with Crippen LogP contribution >= 0.6 is 0 Å². The molecule has 8 heteroatoms. The molecule has 0 unspecified atom stereocenters. The highest BCUT2D eigenvalue weighted by Crippen LogP contribution is 2.06. The zero-order valence-corrected chi connectivity index (χ0v) is 8.98. The lowest BCUT2D eigenvalue weighted by atomic mass is 10.5. The third kappa shape index (κ3) is 1.57. The van der Waals surface area contributed by atoms with Crippen molar-refractivity contribution in [3.05, 3.63) is 18.0 Å². The minimum Gasteiger partial charge on any atom is -0.213 e. The molecule has 80 valence electrons. The lowest BCUT2D eigenvalue weighted by molar-refractivity contribution is 0.580. The summed E-state index contributed by atoms with van der Waals surface area (Å²) in [5.74, 6) is 0.540. The summed E-state index contributed by atoms with van der Waals surface area (Å²) in [5.41, 5.74) is 0.516. The van der Waals surface area contributed by atoms with Crippen molar-refractivity contribution in [1.29, 1.82) is 0 Å². The maximum absolute atomic E-state index is 11.5. The van der Waals surface area contributed by atoms with Gasteiger partial charge < -0.3 is 0 Å². The van der Waals surface area contributed by atoms with E-state index in [-0.39, 0.29) is 5.03 Å². The monoisotopic (exact) mass is 227 g/mol. The topological polar surface area (TPSA) is 89.2 Å². The van der Waals surface area contributed by atoms with Gasteiger partial charge in [-0.25, -0.2) is 13.1 Å². The van der Waals surface area contributed by atoms with Crippen molar-refractivity contribution in [2.75, 3.05) is 7.05 Å². The van der Waals surface area contributed by atoms with Gasteiger partial charge in [-0.05, 0) is 26.1 Å². The van der Waals surface area contributed by atoms with Crippen LogP contribution in [0.4, 0.5) is 0 Å². The summed E-state index contributed by atoms with van der Waals surface area (Å²) in [6.07, 6.45) is 0. The molecule has 2 rings (SSSR count). The highest BCUT2D eigenvalue weighted by atomic mass is 32.2. The van der Waals surface area contributed by atoms with E-state index in [4.69, 9.17) is 0 Å². The van der Waals surface area contributed by atoms with Gasteiger partial charge >= 0.3 is 0 Å².